The van der Waals surface area contributed by atoms with Crippen molar-refractivity contribution in [3.8, 4) is 6.07 Å². The van der Waals surface area contributed by atoms with Gasteiger partial charge in [0.1, 0.15) is 11.2 Å². The Morgan fingerprint density at radius 1 is 1.53 bits per heavy atom. The summed E-state index contributed by atoms with van der Waals surface area (Å²) < 4.78 is 13.1. The molecule has 0 heterocycles. The van der Waals surface area contributed by atoms with Gasteiger partial charge < -0.3 is 5.32 Å². The molecule has 2 rings (SSSR count). The molecule has 3 nitrogen and oxygen atoms in total. The number of halogens is 1. The van der Waals surface area contributed by atoms with Gasteiger partial charge in [-0.2, -0.15) is 5.26 Å². The maximum absolute atomic E-state index is 13.1. The SMILES string of the molecule is Cc1ccc(F)cc1NC(=O)C1(C#N)CCC1. The number of hydrogen-bond donors (Lipinski definition) is 1. The number of nitrogens with zero attached hydrogens (tertiary/aromatic N) is 1. The van der Waals surface area contributed by atoms with Crippen LogP contribution in [0.3, 0.4) is 0 Å². The predicted molar refractivity (Wildman–Crippen MR) is 61.7 cm³/mol. The van der Waals surface area contributed by atoms with E-state index in [2.05, 4.69) is 11.4 Å². The molecule has 1 saturated carbocycles. The molecule has 1 aliphatic rings. The van der Waals surface area contributed by atoms with Crippen LogP contribution < -0.4 is 5.32 Å². The van der Waals surface area contributed by atoms with Crippen LogP contribution in [0.25, 0.3) is 0 Å². The van der Waals surface area contributed by atoms with Gasteiger partial charge in [0.15, 0.2) is 0 Å². The molecule has 17 heavy (non-hydrogen) atoms. The van der Waals surface area contributed by atoms with Crippen molar-refractivity contribution in [1.29, 1.82) is 5.26 Å². The topological polar surface area (TPSA) is 52.9 Å². The molecule has 1 aliphatic carbocycles. The molecule has 0 saturated heterocycles. The fraction of sp³-hybridized carbons (Fsp3) is 0.385. The van der Waals surface area contributed by atoms with E-state index in [4.69, 9.17) is 5.26 Å². The molecule has 0 spiro atoms. The summed E-state index contributed by atoms with van der Waals surface area (Å²) in [6.45, 7) is 1.79. The molecule has 0 atom stereocenters. The molecule has 1 N–H and O–H groups in total. The Labute approximate surface area is 99.2 Å². The van der Waals surface area contributed by atoms with Gasteiger partial charge in [0.05, 0.1) is 6.07 Å². The van der Waals surface area contributed by atoms with E-state index < -0.39 is 11.2 Å². The minimum Gasteiger partial charge on any atom is -0.324 e. The van der Waals surface area contributed by atoms with Gasteiger partial charge in [0, 0.05) is 5.69 Å². The molecule has 1 aromatic rings. The van der Waals surface area contributed by atoms with Gasteiger partial charge in [0.25, 0.3) is 0 Å². The van der Waals surface area contributed by atoms with Crippen LogP contribution >= 0.6 is 0 Å². The highest BCUT2D eigenvalue weighted by molar-refractivity contribution is 5.98. The Balaban J connectivity index is 2.19. The van der Waals surface area contributed by atoms with Crippen LogP contribution in [0, 0.1) is 29.5 Å². The van der Waals surface area contributed by atoms with E-state index in [1.807, 2.05) is 0 Å². The summed E-state index contributed by atoms with van der Waals surface area (Å²) in [5.74, 6) is -0.717. The lowest BCUT2D eigenvalue weighted by atomic mass is 9.69. The average Bonchev–Trinajstić information content (AvgIpc) is 2.23. The van der Waals surface area contributed by atoms with E-state index >= 15 is 0 Å². The van der Waals surface area contributed by atoms with Gasteiger partial charge in [-0.15, -0.1) is 0 Å². The van der Waals surface area contributed by atoms with Gasteiger partial charge in [-0.3, -0.25) is 4.79 Å². The van der Waals surface area contributed by atoms with Gasteiger partial charge >= 0.3 is 0 Å². The lowest BCUT2D eigenvalue weighted by Crippen LogP contribution is -2.40. The predicted octanol–water partition coefficient (Wildman–Crippen LogP) is 2.77. The molecule has 0 aliphatic heterocycles. The molecule has 1 fully saturated rings. The summed E-state index contributed by atoms with van der Waals surface area (Å²) in [7, 11) is 0. The normalized spacial score (nSPS) is 16.8. The first-order chi connectivity index (χ1) is 8.07. The maximum atomic E-state index is 13.1. The highest BCUT2D eigenvalue weighted by Crippen LogP contribution is 2.41. The molecule has 88 valence electrons. The second-order valence-corrected chi connectivity index (χ2v) is 4.46. The van der Waals surface area contributed by atoms with Crippen molar-refractivity contribution in [2.24, 2.45) is 5.41 Å². The van der Waals surface area contributed by atoms with Crippen LogP contribution in [0.1, 0.15) is 24.8 Å². The molecule has 1 amide bonds. The summed E-state index contributed by atoms with van der Waals surface area (Å²) in [5.41, 5.74) is 0.322. The highest BCUT2D eigenvalue weighted by Gasteiger charge is 2.44. The van der Waals surface area contributed by atoms with Crippen LogP contribution in [-0.2, 0) is 4.79 Å². The van der Waals surface area contributed by atoms with E-state index in [0.29, 0.717) is 18.5 Å². The molecular formula is C13H13FN2O. The number of nitriles is 1. The lowest BCUT2D eigenvalue weighted by molar-refractivity contribution is -0.126. The molecule has 0 radical (unpaired) electrons. The zero-order valence-corrected chi connectivity index (χ0v) is 9.59. The third-order valence-electron chi connectivity index (χ3n) is 3.30. The van der Waals surface area contributed by atoms with E-state index in [1.165, 1.54) is 12.1 Å². The number of rotatable bonds is 2. The van der Waals surface area contributed by atoms with Crippen LogP contribution in [0.15, 0.2) is 18.2 Å². The largest absolute Gasteiger partial charge is 0.324 e. The van der Waals surface area contributed by atoms with Gasteiger partial charge in [-0.1, -0.05) is 6.07 Å². The van der Waals surface area contributed by atoms with Crippen LogP contribution in [-0.4, -0.2) is 5.91 Å². The Kier molecular flexibility index (Phi) is 2.84. The minimum atomic E-state index is -0.904. The number of hydrogen-bond acceptors (Lipinski definition) is 2. The summed E-state index contributed by atoms with van der Waals surface area (Å²) in [6, 6.07) is 6.28. The number of carbonyl (C=O) groups excluding carboxylic acids is 1. The van der Waals surface area contributed by atoms with Crippen LogP contribution in [0.2, 0.25) is 0 Å². The summed E-state index contributed by atoms with van der Waals surface area (Å²) >= 11 is 0. The van der Waals surface area contributed by atoms with Gasteiger partial charge in [-0.05, 0) is 43.9 Å². The minimum absolute atomic E-state index is 0.319. The first kappa shape index (κ1) is 11.6. The number of aryl methyl sites for hydroxylation is 1. The Morgan fingerprint density at radius 2 is 2.24 bits per heavy atom. The van der Waals surface area contributed by atoms with E-state index in [9.17, 15) is 9.18 Å². The third-order valence-corrected chi connectivity index (χ3v) is 3.30. The summed E-state index contributed by atoms with van der Waals surface area (Å²) in [4.78, 5) is 12.0. The van der Waals surface area contributed by atoms with Crippen molar-refractivity contribution in [3.63, 3.8) is 0 Å². The van der Waals surface area contributed by atoms with Gasteiger partial charge in [-0.25, -0.2) is 4.39 Å². The van der Waals surface area contributed by atoms with Gasteiger partial charge in [0.2, 0.25) is 5.91 Å². The fourth-order valence-electron chi connectivity index (χ4n) is 1.89. The molecule has 1 aromatic carbocycles. The maximum Gasteiger partial charge on any atom is 0.244 e. The quantitative estimate of drug-likeness (QED) is 0.852. The lowest BCUT2D eigenvalue weighted by Gasteiger charge is -2.33. The second-order valence-electron chi connectivity index (χ2n) is 4.46. The number of nitrogens with one attached hydrogen (secondary N) is 1. The van der Waals surface area contributed by atoms with Crippen LogP contribution in [0.4, 0.5) is 10.1 Å². The van der Waals surface area contributed by atoms with Crippen molar-refractivity contribution < 1.29 is 9.18 Å². The van der Waals surface area contributed by atoms with E-state index in [-0.39, 0.29) is 5.91 Å². The Hall–Kier alpha value is -1.89. The Morgan fingerprint density at radius 3 is 2.76 bits per heavy atom. The first-order valence-corrected chi connectivity index (χ1v) is 5.56. The molecule has 4 heteroatoms. The van der Waals surface area contributed by atoms with E-state index in [0.717, 1.165) is 12.0 Å². The van der Waals surface area contributed by atoms with Crippen molar-refractivity contribution in [1.82, 2.24) is 0 Å². The zero-order chi connectivity index (χ0) is 12.5. The monoisotopic (exact) mass is 232 g/mol. The summed E-state index contributed by atoms with van der Waals surface area (Å²) in [5, 5.41) is 11.7. The zero-order valence-electron chi connectivity index (χ0n) is 9.59. The molecule has 0 aromatic heterocycles. The van der Waals surface area contributed by atoms with Crippen molar-refractivity contribution in [3.05, 3.63) is 29.6 Å². The number of carbonyl (C=O) groups is 1. The number of anilines is 1. The smallest absolute Gasteiger partial charge is 0.244 e. The molecule has 0 bridgehead atoms. The second kappa shape index (κ2) is 4.17. The van der Waals surface area contributed by atoms with E-state index in [1.54, 1.807) is 13.0 Å². The Bertz CT molecular complexity index is 501. The van der Waals surface area contributed by atoms with Crippen molar-refractivity contribution in [2.45, 2.75) is 26.2 Å². The highest BCUT2D eigenvalue weighted by atomic mass is 19.1. The third kappa shape index (κ3) is 2.01. The van der Waals surface area contributed by atoms with Crippen molar-refractivity contribution >= 4 is 11.6 Å². The standard InChI is InChI=1S/C13H13FN2O/c1-9-3-4-10(14)7-11(9)16-12(17)13(8-15)5-2-6-13/h3-4,7H,2,5-6H2,1H3,(H,16,17). The fourth-order valence-corrected chi connectivity index (χ4v) is 1.89. The van der Waals surface area contributed by atoms with Crippen molar-refractivity contribution in [2.75, 3.05) is 5.32 Å². The number of benzene rings is 1. The van der Waals surface area contributed by atoms with Crippen LogP contribution in [0.5, 0.6) is 0 Å². The first-order valence-electron chi connectivity index (χ1n) is 5.56. The number of amides is 1. The summed E-state index contributed by atoms with van der Waals surface area (Å²) in [6.07, 6.45) is 2.07. The molecule has 0 unspecified atom stereocenters. The molecular weight excluding hydrogens is 219 g/mol. The average molecular weight is 232 g/mol.